The van der Waals surface area contributed by atoms with Crippen molar-refractivity contribution in [3.63, 3.8) is 0 Å². The van der Waals surface area contributed by atoms with E-state index in [0.717, 1.165) is 6.42 Å². The number of hydrogen-bond acceptors (Lipinski definition) is 3. The van der Waals surface area contributed by atoms with Crippen LogP contribution < -0.4 is 0 Å². The van der Waals surface area contributed by atoms with Crippen molar-refractivity contribution in [1.29, 1.82) is 0 Å². The molecule has 3 fully saturated rings. The van der Waals surface area contributed by atoms with E-state index in [1.807, 2.05) is 0 Å². The molecule has 0 aromatic rings. The van der Waals surface area contributed by atoms with Gasteiger partial charge < -0.3 is 9.84 Å². The number of carbonyl (C=O) groups excluding carboxylic acids is 1. The van der Waals surface area contributed by atoms with Crippen LogP contribution in [0.3, 0.4) is 0 Å². The highest BCUT2D eigenvalue weighted by molar-refractivity contribution is 5.83. The van der Waals surface area contributed by atoms with E-state index in [-0.39, 0.29) is 17.8 Å². The number of esters is 1. The summed E-state index contributed by atoms with van der Waals surface area (Å²) < 4.78 is 4.88. The number of carboxylic acid groups (broad SMARTS) is 1. The van der Waals surface area contributed by atoms with Crippen molar-refractivity contribution in [1.82, 2.24) is 0 Å². The summed E-state index contributed by atoms with van der Waals surface area (Å²) in [6.45, 7) is 0. The van der Waals surface area contributed by atoms with Crippen LogP contribution in [0.4, 0.5) is 0 Å². The molecule has 0 saturated heterocycles. The van der Waals surface area contributed by atoms with Crippen LogP contribution in [-0.4, -0.2) is 24.2 Å². The first kappa shape index (κ1) is 11.5. The van der Waals surface area contributed by atoms with E-state index in [1.165, 1.54) is 13.5 Å². The third-order valence-corrected chi connectivity index (χ3v) is 6.18. The zero-order valence-electron chi connectivity index (χ0n) is 10.9. The summed E-state index contributed by atoms with van der Waals surface area (Å²) in [4.78, 5) is 23.6. The van der Waals surface area contributed by atoms with E-state index < -0.39 is 17.8 Å². The Morgan fingerprint density at radius 2 is 1.63 bits per heavy atom. The normalized spacial score (nSPS) is 52.5. The number of rotatable bonds is 2. The van der Waals surface area contributed by atoms with E-state index >= 15 is 0 Å². The molecule has 1 N–H and O–H groups in total. The highest BCUT2D eigenvalue weighted by atomic mass is 16.5. The van der Waals surface area contributed by atoms with Gasteiger partial charge in [-0.3, -0.25) is 9.59 Å². The minimum absolute atomic E-state index is 0.177. The van der Waals surface area contributed by atoms with E-state index in [9.17, 15) is 14.7 Å². The summed E-state index contributed by atoms with van der Waals surface area (Å²) in [7, 11) is 1.37. The van der Waals surface area contributed by atoms with E-state index in [1.54, 1.807) is 0 Å². The number of aliphatic carboxylic acids is 1. The number of fused-ring (bicyclic) bond motifs is 9. The minimum atomic E-state index is -0.812. The molecule has 4 aliphatic rings. The molecule has 4 aliphatic carbocycles. The van der Waals surface area contributed by atoms with Gasteiger partial charge in [0.05, 0.1) is 18.9 Å². The minimum Gasteiger partial charge on any atom is -0.481 e. The molecule has 0 heterocycles. The van der Waals surface area contributed by atoms with E-state index in [0.29, 0.717) is 23.7 Å². The van der Waals surface area contributed by atoms with E-state index in [4.69, 9.17) is 4.74 Å². The van der Waals surface area contributed by atoms with Crippen molar-refractivity contribution >= 4 is 11.9 Å². The van der Waals surface area contributed by atoms with Crippen LogP contribution in [0.1, 0.15) is 12.8 Å². The lowest BCUT2D eigenvalue weighted by Crippen LogP contribution is -2.44. The number of carbonyl (C=O) groups is 2. The average Bonchev–Trinajstić information content (AvgIpc) is 3.12. The number of allylic oxidation sites excluding steroid dienone is 2. The van der Waals surface area contributed by atoms with Crippen molar-refractivity contribution in [3.8, 4) is 0 Å². The molecule has 0 amide bonds. The Labute approximate surface area is 111 Å². The van der Waals surface area contributed by atoms with Gasteiger partial charge in [-0.15, -0.1) is 0 Å². The molecule has 102 valence electrons. The molecule has 0 aromatic carbocycles. The van der Waals surface area contributed by atoms with Crippen LogP contribution in [0, 0.1) is 47.3 Å². The van der Waals surface area contributed by atoms with Crippen LogP contribution in [0.15, 0.2) is 12.2 Å². The number of methoxy groups -OCH3 is 1. The molecule has 19 heavy (non-hydrogen) atoms. The molecular formula is C15H18O4. The van der Waals surface area contributed by atoms with Crippen molar-refractivity contribution in [2.45, 2.75) is 12.8 Å². The second kappa shape index (κ2) is 3.62. The maximum atomic E-state index is 12.0. The van der Waals surface area contributed by atoms with Crippen LogP contribution in [0.25, 0.3) is 0 Å². The maximum absolute atomic E-state index is 12.0. The third kappa shape index (κ3) is 1.25. The molecule has 0 aromatic heterocycles. The van der Waals surface area contributed by atoms with Gasteiger partial charge in [0.1, 0.15) is 0 Å². The predicted molar refractivity (Wildman–Crippen MR) is 65.9 cm³/mol. The van der Waals surface area contributed by atoms with Crippen LogP contribution in [0.5, 0.6) is 0 Å². The first-order valence-corrected chi connectivity index (χ1v) is 7.12. The predicted octanol–water partition coefficient (Wildman–Crippen LogP) is 1.56. The first-order valence-electron chi connectivity index (χ1n) is 7.12. The first-order chi connectivity index (χ1) is 9.13. The lowest BCUT2D eigenvalue weighted by atomic mass is 9.65. The standard InChI is InChI=1S/C15H18O4/c1-19-15(18)13-9-5-8(12(13)14(16)17)10-6-2-3-7(4-6)11(9)10/h2-3,6-13H,4-5H2,1H3,(H,16,17). The van der Waals surface area contributed by atoms with Gasteiger partial charge in [-0.2, -0.15) is 0 Å². The quantitative estimate of drug-likeness (QED) is 0.466. The van der Waals surface area contributed by atoms with Gasteiger partial charge >= 0.3 is 11.9 Å². The number of carboxylic acids is 1. The van der Waals surface area contributed by atoms with Crippen LogP contribution in [0.2, 0.25) is 0 Å². The fourth-order valence-electron chi connectivity index (χ4n) is 5.83. The Bertz CT molecular complexity index is 483. The van der Waals surface area contributed by atoms with Gasteiger partial charge in [0.25, 0.3) is 0 Å². The monoisotopic (exact) mass is 262 g/mol. The van der Waals surface area contributed by atoms with Crippen molar-refractivity contribution in [3.05, 3.63) is 12.2 Å². The number of ether oxygens (including phenoxy) is 1. The zero-order chi connectivity index (χ0) is 13.3. The Morgan fingerprint density at radius 1 is 1.05 bits per heavy atom. The van der Waals surface area contributed by atoms with Gasteiger partial charge in [0, 0.05) is 0 Å². The highest BCUT2D eigenvalue weighted by Crippen LogP contribution is 2.68. The van der Waals surface area contributed by atoms with Crippen LogP contribution in [-0.2, 0) is 14.3 Å². The molecule has 8 unspecified atom stereocenters. The second-order valence-electron chi connectivity index (χ2n) is 6.58. The van der Waals surface area contributed by atoms with Crippen molar-refractivity contribution in [2.75, 3.05) is 7.11 Å². The lowest BCUT2D eigenvalue weighted by Gasteiger charge is -2.38. The summed E-state index contributed by atoms with van der Waals surface area (Å²) in [6.07, 6.45) is 6.64. The molecule has 4 bridgehead atoms. The molecule has 4 rings (SSSR count). The smallest absolute Gasteiger partial charge is 0.309 e. The topological polar surface area (TPSA) is 63.6 Å². The lowest BCUT2D eigenvalue weighted by molar-refractivity contribution is -0.161. The number of hydrogen-bond donors (Lipinski definition) is 1. The summed E-state index contributed by atoms with van der Waals surface area (Å²) in [6, 6.07) is 0. The van der Waals surface area contributed by atoms with Gasteiger partial charge in [0.2, 0.25) is 0 Å². The highest BCUT2D eigenvalue weighted by Gasteiger charge is 2.67. The molecule has 0 spiro atoms. The van der Waals surface area contributed by atoms with Gasteiger partial charge in [-0.05, 0) is 48.3 Å². The second-order valence-corrected chi connectivity index (χ2v) is 6.58. The summed E-state index contributed by atoms with van der Waals surface area (Å²) in [5, 5.41) is 9.51. The largest absolute Gasteiger partial charge is 0.481 e. The van der Waals surface area contributed by atoms with Crippen molar-refractivity contribution in [2.24, 2.45) is 47.3 Å². The Kier molecular flexibility index (Phi) is 2.19. The molecular weight excluding hydrogens is 244 g/mol. The zero-order valence-corrected chi connectivity index (χ0v) is 10.9. The molecule has 0 aliphatic heterocycles. The molecule has 4 heteroatoms. The Morgan fingerprint density at radius 3 is 2.16 bits per heavy atom. The average molecular weight is 262 g/mol. The summed E-state index contributed by atoms with van der Waals surface area (Å²) in [5.74, 6) is 0.505. The molecule has 4 nitrogen and oxygen atoms in total. The van der Waals surface area contributed by atoms with Crippen LogP contribution >= 0.6 is 0 Å². The fraction of sp³-hybridized carbons (Fsp3) is 0.733. The SMILES string of the molecule is COC(=O)C1C2CC(C1C(=O)O)C1C3C=CC(C3)C21. The van der Waals surface area contributed by atoms with Gasteiger partial charge in [-0.1, -0.05) is 12.2 Å². The summed E-state index contributed by atoms with van der Waals surface area (Å²) in [5.41, 5.74) is 0. The molecule has 0 radical (unpaired) electrons. The summed E-state index contributed by atoms with van der Waals surface area (Å²) >= 11 is 0. The van der Waals surface area contributed by atoms with Gasteiger partial charge in [-0.25, -0.2) is 0 Å². The fourth-order valence-corrected chi connectivity index (χ4v) is 5.83. The maximum Gasteiger partial charge on any atom is 0.309 e. The van der Waals surface area contributed by atoms with E-state index in [2.05, 4.69) is 12.2 Å². The molecule has 3 saturated carbocycles. The molecule has 8 atom stereocenters. The Hall–Kier alpha value is -1.32. The third-order valence-electron chi connectivity index (χ3n) is 6.18. The van der Waals surface area contributed by atoms with Crippen molar-refractivity contribution < 1.29 is 19.4 Å². The van der Waals surface area contributed by atoms with Gasteiger partial charge in [0.15, 0.2) is 0 Å². The Balaban J connectivity index is 1.73.